The molecule has 2 aliphatic carbocycles. The van der Waals surface area contributed by atoms with Crippen LogP contribution in [0.1, 0.15) is 49.1 Å². The monoisotopic (exact) mass is 441 g/mol. The Kier molecular flexibility index (Phi) is 5.38. The lowest BCUT2D eigenvalue weighted by Crippen LogP contribution is -2.54. The molecule has 0 spiro atoms. The lowest BCUT2D eigenvalue weighted by molar-refractivity contribution is 0.160. The van der Waals surface area contributed by atoms with Gasteiger partial charge in [-0.05, 0) is 62.3 Å². The molecule has 2 saturated carbocycles. The number of aromatic nitrogens is 2. The number of rotatable bonds is 5. The number of piperidine rings is 1. The van der Waals surface area contributed by atoms with Gasteiger partial charge in [-0.3, -0.25) is 4.98 Å². The normalized spacial score (nSPS) is 25.2. The molecular formula is C23H28ClN5O2. The molecule has 164 valence electrons. The van der Waals surface area contributed by atoms with Gasteiger partial charge < -0.3 is 15.1 Å². The highest BCUT2D eigenvalue weighted by atomic mass is 35.5. The van der Waals surface area contributed by atoms with E-state index < -0.39 is 0 Å². The second-order valence-electron chi connectivity index (χ2n) is 9.05. The summed E-state index contributed by atoms with van der Waals surface area (Å²) in [5.41, 5.74) is 1.98. The van der Waals surface area contributed by atoms with Crippen molar-refractivity contribution in [3.63, 3.8) is 0 Å². The summed E-state index contributed by atoms with van der Waals surface area (Å²) in [7, 11) is 0. The molecule has 2 amide bonds. The summed E-state index contributed by atoms with van der Waals surface area (Å²) in [5, 5.41) is 4.07. The molecule has 3 aliphatic rings. The molecule has 8 heteroatoms. The first-order valence-electron chi connectivity index (χ1n) is 11.1. The number of hydrogen-bond donors (Lipinski definition) is 2. The van der Waals surface area contributed by atoms with Gasteiger partial charge in [0, 0.05) is 42.3 Å². The number of amides is 2. The Hall–Kier alpha value is -2.54. The van der Waals surface area contributed by atoms with Crippen molar-refractivity contribution in [2.24, 2.45) is 0 Å². The van der Waals surface area contributed by atoms with Crippen LogP contribution >= 0.6 is 11.6 Å². The Morgan fingerprint density at radius 3 is 2.84 bits per heavy atom. The highest BCUT2D eigenvalue weighted by Crippen LogP contribution is 2.42. The van der Waals surface area contributed by atoms with E-state index >= 15 is 0 Å². The molecule has 3 atom stereocenters. The summed E-state index contributed by atoms with van der Waals surface area (Å²) in [6.07, 6.45) is 6.62. The second-order valence-corrected chi connectivity index (χ2v) is 9.45. The number of halogens is 1. The first-order valence-corrected chi connectivity index (χ1v) is 11.5. The molecule has 1 aromatic heterocycles. The van der Waals surface area contributed by atoms with Crippen molar-refractivity contribution >= 4 is 23.4 Å². The number of hydrogen-bond acceptors (Lipinski definition) is 4. The molecule has 1 aliphatic heterocycles. The van der Waals surface area contributed by atoms with Crippen LogP contribution in [0, 0.1) is 6.92 Å². The van der Waals surface area contributed by atoms with Gasteiger partial charge in [0.1, 0.15) is 5.82 Å². The predicted octanol–water partition coefficient (Wildman–Crippen LogP) is 3.43. The van der Waals surface area contributed by atoms with Crippen molar-refractivity contribution < 1.29 is 4.79 Å². The molecule has 1 saturated heterocycles. The summed E-state index contributed by atoms with van der Waals surface area (Å²) < 4.78 is 0. The number of benzene rings is 1. The largest absolute Gasteiger partial charge is 0.356 e. The smallest absolute Gasteiger partial charge is 0.346 e. The van der Waals surface area contributed by atoms with Crippen LogP contribution in [-0.4, -0.2) is 52.1 Å². The molecule has 2 heterocycles. The van der Waals surface area contributed by atoms with E-state index in [1.54, 1.807) is 0 Å². The van der Waals surface area contributed by atoms with E-state index in [9.17, 15) is 9.59 Å². The van der Waals surface area contributed by atoms with Crippen molar-refractivity contribution in [3.05, 3.63) is 57.1 Å². The number of urea groups is 1. The molecule has 3 fully saturated rings. The van der Waals surface area contributed by atoms with Gasteiger partial charge in [-0.15, -0.1) is 0 Å². The maximum atomic E-state index is 13.3. The first-order chi connectivity index (χ1) is 15.0. The van der Waals surface area contributed by atoms with Crippen LogP contribution < -0.4 is 15.9 Å². The molecule has 1 aromatic carbocycles. The molecule has 0 bridgehead atoms. The molecule has 0 radical (unpaired) electrons. The zero-order valence-electron chi connectivity index (χ0n) is 17.7. The van der Waals surface area contributed by atoms with E-state index in [0.717, 1.165) is 61.6 Å². The Bertz CT molecular complexity index is 1040. The van der Waals surface area contributed by atoms with Gasteiger partial charge >= 0.3 is 11.7 Å². The topological polar surface area (TPSA) is 81.3 Å². The van der Waals surface area contributed by atoms with E-state index in [1.165, 1.54) is 11.8 Å². The van der Waals surface area contributed by atoms with Crippen LogP contribution in [0.25, 0.3) is 0 Å². The van der Waals surface area contributed by atoms with E-state index in [1.807, 2.05) is 19.1 Å². The second kappa shape index (κ2) is 8.19. The number of nitrogens with zero attached hydrogens (tertiary/aromatic N) is 3. The lowest BCUT2D eigenvalue weighted by atomic mass is 10.0. The van der Waals surface area contributed by atoms with Gasteiger partial charge in [-0.2, -0.15) is 0 Å². The zero-order chi connectivity index (χ0) is 21.5. The van der Waals surface area contributed by atoms with Gasteiger partial charge in [0.25, 0.3) is 0 Å². The van der Waals surface area contributed by atoms with Gasteiger partial charge in [0.05, 0.1) is 6.04 Å². The maximum absolute atomic E-state index is 13.3. The molecule has 31 heavy (non-hydrogen) atoms. The Morgan fingerprint density at radius 1 is 1.26 bits per heavy atom. The maximum Gasteiger partial charge on any atom is 0.346 e. The third-order valence-electron chi connectivity index (χ3n) is 6.67. The summed E-state index contributed by atoms with van der Waals surface area (Å²) in [4.78, 5) is 35.7. The Labute approximate surface area is 186 Å². The van der Waals surface area contributed by atoms with Crippen LogP contribution in [0.2, 0.25) is 5.02 Å². The molecular weight excluding hydrogens is 414 g/mol. The zero-order valence-corrected chi connectivity index (χ0v) is 18.4. The average molecular weight is 442 g/mol. The number of aromatic amines is 1. The summed E-state index contributed by atoms with van der Waals surface area (Å²) in [6.45, 7) is 3.62. The fourth-order valence-corrected chi connectivity index (χ4v) is 4.90. The van der Waals surface area contributed by atoms with Crippen LogP contribution in [0.4, 0.5) is 10.6 Å². The Morgan fingerprint density at radius 2 is 2.10 bits per heavy atom. The summed E-state index contributed by atoms with van der Waals surface area (Å²) in [6, 6.07) is 8.69. The minimum Gasteiger partial charge on any atom is -0.356 e. The number of carbonyl (C=O) groups is 1. The van der Waals surface area contributed by atoms with Gasteiger partial charge in [0.15, 0.2) is 0 Å². The number of nitrogens with one attached hydrogen (secondary N) is 2. The number of aryl methyl sites for hydroxylation is 1. The lowest BCUT2D eigenvalue weighted by Gasteiger charge is -2.40. The van der Waals surface area contributed by atoms with Gasteiger partial charge in [-0.25, -0.2) is 14.6 Å². The molecule has 0 unspecified atom stereocenters. The predicted molar refractivity (Wildman–Crippen MR) is 121 cm³/mol. The number of anilines is 1. The van der Waals surface area contributed by atoms with E-state index in [0.29, 0.717) is 12.0 Å². The van der Waals surface area contributed by atoms with Crippen molar-refractivity contribution in [1.29, 1.82) is 0 Å². The van der Waals surface area contributed by atoms with Crippen molar-refractivity contribution in [1.82, 2.24) is 20.2 Å². The quantitative estimate of drug-likeness (QED) is 0.744. The third kappa shape index (κ3) is 4.42. The van der Waals surface area contributed by atoms with Crippen LogP contribution in [0.5, 0.6) is 0 Å². The van der Waals surface area contributed by atoms with Crippen LogP contribution in [-0.2, 0) is 0 Å². The van der Waals surface area contributed by atoms with Crippen molar-refractivity contribution in [2.45, 2.75) is 63.1 Å². The van der Waals surface area contributed by atoms with E-state index in [4.69, 9.17) is 11.6 Å². The fraction of sp³-hybridized carbons (Fsp3) is 0.522. The van der Waals surface area contributed by atoms with Gasteiger partial charge in [0.2, 0.25) is 0 Å². The minimum atomic E-state index is -0.339. The van der Waals surface area contributed by atoms with Crippen molar-refractivity contribution in [2.75, 3.05) is 18.0 Å². The first kappa shape index (κ1) is 20.4. The molecule has 7 nitrogen and oxygen atoms in total. The fourth-order valence-electron chi connectivity index (χ4n) is 4.78. The average Bonchev–Trinajstić information content (AvgIpc) is 3.68. The molecule has 2 N–H and O–H groups in total. The van der Waals surface area contributed by atoms with E-state index in [2.05, 4.69) is 37.2 Å². The number of carbonyl (C=O) groups excluding carboxylic acids is 1. The third-order valence-corrected chi connectivity index (χ3v) is 7.10. The van der Waals surface area contributed by atoms with Crippen LogP contribution in [0.15, 0.2) is 35.3 Å². The van der Waals surface area contributed by atoms with Gasteiger partial charge in [-0.1, -0.05) is 23.7 Å². The SMILES string of the molecule is Cc1cc([C@H]2C[C@@H]2NC(=O)N(C2CC2)[C@@H]2CCCN(c3ccnc(=O)[nH]3)C2)ccc1Cl. The van der Waals surface area contributed by atoms with E-state index in [-0.39, 0.29) is 23.8 Å². The minimum absolute atomic E-state index is 0.0516. The van der Waals surface area contributed by atoms with Crippen molar-refractivity contribution in [3.8, 4) is 0 Å². The highest BCUT2D eigenvalue weighted by molar-refractivity contribution is 6.31. The summed E-state index contributed by atoms with van der Waals surface area (Å²) >= 11 is 6.16. The highest BCUT2D eigenvalue weighted by Gasteiger charge is 2.44. The number of H-pyrrole nitrogens is 1. The summed E-state index contributed by atoms with van der Waals surface area (Å²) in [5.74, 6) is 1.15. The molecule has 5 rings (SSSR count). The Balaban J connectivity index is 1.25. The van der Waals surface area contributed by atoms with Crippen LogP contribution in [0.3, 0.4) is 0 Å². The standard InChI is InChI=1S/C23H28ClN5O2/c1-14-11-15(4-7-19(14)24)18-12-20(18)26-23(31)29(16-5-6-16)17-3-2-10-28(13-17)21-8-9-25-22(30)27-21/h4,7-9,11,16-18,20H,2-3,5-6,10,12-13H2,1H3,(H,26,31)(H,25,27,30)/t17-,18-,20+/m1/s1. The molecule has 2 aromatic rings.